The lowest BCUT2D eigenvalue weighted by molar-refractivity contribution is 0.0588. The third kappa shape index (κ3) is 1.73. The lowest BCUT2D eigenvalue weighted by atomic mass is 9.94. The lowest BCUT2D eigenvalue weighted by Crippen LogP contribution is -2.28. The van der Waals surface area contributed by atoms with Gasteiger partial charge >= 0.3 is 0 Å². The van der Waals surface area contributed by atoms with Crippen molar-refractivity contribution in [3.8, 4) is 0 Å². The average Bonchev–Trinajstić information content (AvgIpc) is 2.58. The third-order valence-corrected chi connectivity index (χ3v) is 2.96. The number of β-amino-alcohol motifs (C(OH)–C–C–N with tert-alkyl or cyclic N) is 1. The van der Waals surface area contributed by atoms with Gasteiger partial charge in [0.1, 0.15) is 10.8 Å². The van der Waals surface area contributed by atoms with Crippen LogP contribution in [0, 0.1) is 0 Å². The average molecular weight is 233 g/mol. The fourth-order valence-electron chi connectivity index (χ4n) is 1.68. The van der Waals surface area contributed by atoms with Crippen molar-refractivity contribution in [1.29, 1.82) is 0 Å². The van der Waals surface area contributed by atoms with Crippen LogP contribution in [0.15, 0.2) is 12.3 Å². The normalized spacial score (nSPS) is 26.8. The molecular weight excluding hydrogens is 223 g/mol. The van der Waals surface area contributed by atoms with Crippen LogP contribution in [-0.2, 0) is 5.60 Å². The molecule has 76 valence electrons. The Morgan fingerprint density at radius 1 is 1.50 bits per heavy atom. The summed E-state index contributed by atoms with van der Waals surface area (Å²) in [4.78, 5) is 3.84. The summed E-state index contributed by atoms with van der Waals surface area (Å²) in [6.07, 6.45) is 2.11. The van der Waals surface area contributed by atoms with Crippen molar-refractivity contribution in [2.45, 2.75) is 12.0 Å². The Morgan fingerprint density at radius 2 is 2.29 bits per heavy atom. The molecule has 0 radical (unpaired) electrons. The van der Waals surface area contributed by atoms with E-state index in [2.05, 4.69) is 10.3 Å². The molecule has 0 saturated carbocycles. The molecule has 14 heavy (non-hydrogen) atoms. The van der Waals surface area contributed by atoms with Gasteiger partial charge in [0.05, 0.1) is 5.02 Å². The van der Waals surface area contributed by atoms with Gasteiger partial charge in [-0.1, -0.05) is 23.2 Å². The fraction of sp³-hybridized carbons (Fsp3) is 0.444. The largest absolute Gasteiger partial charge is 0.384 e. The molecule has 1 unspecified atom stereocenters. The zero-order chi connectivity index (χ0) is 10.2. The van der Waals surface area contributed by atoms with Gasteiger partial charge in [-0.3, -0.25) is 0 Å². The molecule has 0 spiro atoms. The van der Waals surface area contributed by atoms with Crippen LogP contribution in [0.1, 0.15) is 12.0 Å². The number of aliphatic hydroxyl groups is 1. The number of rotatable bonds is 1. The Morgan fingerprint density at radius 3 is 2.93 bits per heavy atom. The fourth-order valence-corrected chi connectivity index (χ4v) is 2.12. The van der Waals surface area contributed by atoms with Gasteiger partial charge < -0.3 is 10.4 Å². The summed E-state index contributed by atoms with van der Waals surface area (Å²) in [7, 11) is 0. The lowest BCUT2D eigenvalue weighted by Gasteiger charge is -2.22. The second kappa shape index (κ2) is 3.66. The van der Waals surface area contributed by atoms with Gasteiger partial charge in [0.2, 0.25) is 0 Å². The zero-order valence-corrected chi connectivity index (χ0v) is 8.94. The number of aromatic nitrogens is 1. The van der Waals surface area contributed by atoms with Crippen LogP contribution in [0.3, 0.4) is 0 Å². The van der Waals surface area contributed by atoms with Crippen molar-refractivity contribution in [1.82, 2.24) is 10.3 Å². The van der Waals surface area contributed by atoms with E-state index in [0.29, 0.717) is 28.7 Å². The Bertz CT molecular complexity index is 351. The Kier molecular flexibility index (Phi) is 2.66. The van der Waals surface area contributed by atoms with E-state index in [0.717, 1.165) is 6.54 Å². The molecule has 0 bridgehead atoms. The van der Waals surface area contributed by atoms with E-state index in [9.17, 15) is 5.11 Å². The molecular formula is C9H10Cl2N2O. The molecule has 0 aliphatic carbocycles. The molecule has 1 saturated heterocycles. The van der Waals surface area contributed by atoms with Crippen molar-refractivity contribution >= 4 is 23.2 Å². The molecule has 5 heteroatoms. The van der Waals surface area contributed by atoms with E-state index in [1.165, 1.54) is 6.20 Å². The van der Waals surface area contributed by atoms with E-state index < -0.39 is 5.60 Å². The van der Waals surface area contributed by atoms with Crippen molar-refractivity contribution in [3.05, 3.63) is 28.0 Å². The minimum absolute atomic E-state index is 0.352. The predicted molar refractivity (Wildman–Crippen MR) is 55.6 cm³/mol. The number of hydrogen-bond donors (Lipinski definition) is 2. The number of nitrogens with one attached hydrogen (secondary N) is 1. The standard InChI is InChI=1S/C9H10Cl2N2O/c10-7-4-13-8(11)3-6(7)9(14)1-2-12-5-9/h3-4,12,14H,1-2,5H2. The third-order valence-electron chi connectivity index (χ3n) is 2.46. The topological polar surface area (TPSA) is 45.2 Å². The summed E-state index contributed by atoms with van der Waals surface area (Å²) in [6.45, 7) is 1.29. The molecule has 3 nitrogen and oxygen atoms in total. The highest BCUT2D eigenvalue weighted by atomic mass is 35.5. The van der Waals surface area contributed by atoms with E-state index in [-0.39, 0.29) is 0 Å². The second-order valence-electron chi connectivity index (χ2n) is 3.45. The van der Waals surface area contributed by atoms with Crippen LogP contribution in [0.5, 0.6) is 0 Å². The first-order valence-electron chi connectivity index (χ1n) is 4.36. The first-order valence-corrected chi connectivity index (χ1v) is 5.12. The quantitative estimate of drug-likeness (QED) is 0.723. The highest BCUT2D eigenvalue weighted by molar-refractivity contribution is 6.32. The Balaban J connectivity index is 2.44. The summed E-state index contributed by atoms with van der Waals surface area (Å²) in [5, 5.41) is 14.1. The highest BCUT2D eigenvalue weighted by Crippen LogP contribution is 2.33. The van der Waals surface area contributed by atoms with E-state index in [4.69, 9.17) is 23.2 Å². The van der Waals surface area contributed by atoms with E-state index >= 15 is 0 Å². The molecule has 1 aliphatic rings. The number of hydrogen-bond acceptors (Lipinski definition) is 3. The summed E-state index contributed by atoms with van der Waals surface area (Å²) in [6, 6.07) is 1.62. The van der Waals surface area contributed by atoms with Gasteiger partial charge in [0.15, 0.2) is 0 Å². The molecule has 0 amide bonds. The first-order chi connectivity index (χ1) is 6.62. The molecule has 1 aliphatic heterocycles. The van der Waals surface area contributed by atoms with Gasteiger partial charge in [-0.05, 0) is 19.0 Å². The smallest absolute Gasteiger partial charge is 0.129 e. The van der Waals surface area contributed by atoms with Crippen molar-refractivity contribution in [2.75, 3.05) is 13.1 Å². The monoisotopic (exact) mass is 232 g/mol. The minimum atomic E-state index is -0.899. The molecule has 2 rings (SSSR count). The maximum Gasteiger partial charge on any atom is 0.129 e. The number of halogens is 2. The van der Waals surface area contributed by atoms with Crippen LogP contribution < -0.4 is 5.32 Å². The summed E-state index contributed by atoms with van der Waals surface area (Å²) in [5.74, 6) is 0. The van der Waals surface area contributed by atoms with Crippen LogP contribution >= 0.6 is 23.2 Å². The van der Waals surface area contributed by atoms with Crippen LogP contribution in [-0.4, -0.2) is 23.2 Å². The molecule has 1 aromatic heterocycles. The van der Waals surface area contributed by atoms with E-state index in [1.807, 2.05) is 0 Å². The van der Waals surface area contributed by atoms with Gasteiger partial charge in [-0.25, -0.2) is 4.98 Å². The Hall–Kier alpha value is -0.350. The predicted octanol–water partition coefficient (Wildman–Crippen LogP) is 1.57. The van der Waals surface area contributed by atoms with Gasteiger partial charge in [-0.2, -0.15) is 0 Å². The number of pyridine rings is 1. The molecule has 1 atom stereocenters. The summed E-state index contributed by atoms with van der Waals surface area (Å²) < 4.78 is 0. The molecule has 2 N–H and O–H groups in total. The maximum atomic E-state index is 10.2. The minimum Gasteiger partial charge on any atom is -0.384 e. The van der Waals surface area contributed by atoms with Crippen molar-refractivity contribution in [3.63, 3.8) is 0 Å². The number of nitrogens with zero attached hydrogens (tertiary/aromatic N) is 1. The molecule has 0 aromatic carbocycles. The van der Waals surface area contributed by atoms with Crippen LogP contribution in [0.2, 0.25) is 10.2 Å². The van der Waals surface area contributed by atoms with Crippen LogP contribution in [0.25, 0.3) is 0 Å². The van der Waals surface area contributed by atoms with Crippen molar-refractivity contribution in [2.24, 2.45) is 0 Å². The highest BCUT2D eigenvalue weighted by Gasteiger charge is 2.35. The van der Waals surface area contributed by atoms with Crippen LogP contribution in [0.4, 0.5) is 0 Å². The summed E-state index contributed by atoms with van der Waals surface area (Å²) >= 11 is 11.7. The Labute approximate surface area is 92.1 Å². The second-order valence-corrected chi connectivity index (χ2v) is 4.24. The molecule has 2 heterocycles. The molecule has 1 fully saturated rings. The van der Waals surface area contributed by atoms with Gasteiger partial charge in [-0.15, -0.1) is 0 Å². The molecule has 1 aromatic rings. The van der Waals surface area contributed by atoms with Crippen molar-refractivity contribution < 1.29 is 5.11 Å². The van der Waals surface area contributed by atoms with Gasteiger partial charge in [0, 0.05) is 18.3 Å². The maximum absolute atomic E-state index is 10.2. The van der Waals surface area contributed by atoms with E-state index in [1.54, 1.807) is 6.07 Å². The zero-order valence-electron chi connectivity index (χ0n) is 7.43. The SMILES string of the molecule is OC1(c2cc(Cl)ncc2Cl)CCNC1. The van der Waals surface area contributed by atoms with Gasteiger partial charge in [0.25, 0.3) is 0 Å². The first kappa shape index (κ1) is 10.2. The summed E-state index contributed by atoms with van der Waals surface area (Å²) in [5.41, 5.74) is -0.243.